The van der Waals surface area contributed by atoms with Crippen molar-refractivity contribution in [2.75, 3.05) is 19.0 Å². The molecular formula is C19H17N3O4. The average Bonchev–Trinajstić information content (AvgIpc) is 2.61. The van der Waals surface area contributed by atoms with Crippen LogP contribution >= 0.6 is 0 Å². The van der Waals surface area contributed by atoms with Crippen LogP contribution in [0.5, 0.6) is 5.75 Å². The minimum Gasteiger partial charge on any atom is -0.506 e. The van der Waals surface area contributed by atoms with Crippen LogP contribution in [0, 0.1) is 0 Å². The van der Waals surface area contributed by atoms with Crippen molar-refractivity contribution in [3.05, 3.63) is 64.0 Å². The van der Waals surface area contributed by atoms with Gasteiger partial charge in [0.1, 0.15) is 16.9 Å². The van der Waals surface area contributed by atoms with E-state index in [1.165, 1.54) is 12.3 Å². The predicted octanol–water partition coefficient (Wildman–Crippen LogP) is 2.41. The first-order valence-corrected chi connectivity index (χ1v) is 7.78. The predicted molar refractivity (Wildman–Crippen MR) is 101 cm³/mol. The summed E-state index contributed by atoms with van der Waals surface area (Å²) in [4.78, 5) is 29.7. The number of aromatic hydroxyl groups is 1. The number of carbonyl (C=O) groups is 1. The lowest BCUT2D eigenvalue weighted by atomic mass is 10.1. The Morgan fingerprint density at radius 1 is 1.23 bits per heavy atom. The molecule has 7 nitrogen and oxygen atoms in total. The molecule has 132 valence electrons. The molecule has 0 atom stereocenters. The van der Waals surface area contributed by atoms with Gasteiger partial charge in [0.05, 0.1) is 16.6 Å². The van der Waals surface area contributed by atoms with Crippen LogP contribution < -0.4 is 16.3 Å². The zero-order chi connectivity index (χ0) is 18.8. The molecule has 2 aromatic carbocycles. The van der Waals surface area contributed by atoms with E-state index in [1.807, 2.05) is 0 Å². The molecule has 3 N–H and O–H groups in total. The van der Waals surface area contributed by atoms with Crippen LogP contribution in [0.2, 0.25) is 0 Å². The molecule has 1 amide bonds. The SMILES string of the molecule is CN(C)c1ccc(N=Cc2c(O)c3ccccc3oc2=O)cc1C(N)=O. The van der Waals surface area contributed by atoms with E-state index in [1.54, 1.807) is 55.4 Å². The van der Waals surface area contributed by atoms with Crippen LogP contribution in [0.3, 0.4) is 0 Å². The highest BCUT2D eigenvalue weighted by atomic mass is 16.4. The molecule has 0 aliphatic heterocycles. The number of fused-ring (bicyclic) bond motifs is 1. The number of hydrogen-bond acceptors (Lipinski definition) is 6. The first-order chi connectivity index (χ1) is 12.4. The van der Waals surface area contributed by atoms with Crippen molar-refractivity contribution in [3.63, 3.8) is 0 Å². The quantitative estimate of drug-likeness (QED) is 0.554. The molecule has 3 aromatic rings. The topological polar surface area (TPSA) is 109 Å². The minimum atomic E-state index is -0.704. The van der Waals surface area contributed by atoms with Gasteiger partial charge in [-0.3, -0.25) is 9.79 Å². The lowest BCUT2D eigenvalue weighted by Gasteiger charge is -2.15. The maximum atomic E-state index is 12.1. The van der Waals surface area contributed by atoms with E-state index >= 15 is 0 Å². The van der Waals surface area contributed by atoms with E-state index in [2.05, 4.69) is 4.99 Å². The Morgan fingerprint density at radius 2 is 1.96 bits per heavy atom. The zero-order valence-corrected chi connectivity index (χ0v) is 14.3. The first kappa shape index (κ1) is 17.2. The number of primary amides is 1. The molecule has 7 heteroatoms. The largest absolute Gasteiger partial charge is 0.506 e. The molecule has 0 fully saturated rings. The number of hydrogen-bond donors (Lipinski definition) is 2. The molecule has 0 radical (unpaired) electrons. The summed E-state index contributed by atoms with van der Waals surface area (Å²) in [7, 11) is 3.59. The maximum absolute atomic E-state index is 12.1. The summed E-state index contributed by atoms with van der Waals surface area (Å²) >= 11 is 0. The van der Waals surface area contributed by atoms with Crippen LogP contribution in [0.15, 0.2) is 56.7 Å². The van der Waals surface area contributed by atoms with Crippen molar-refractivity contribution in [1.29, 1.82) is 0 Å². The maximum Gasteiger partial charge on any atom is 0.348 e. The molecule has 0 unspecified atom stereocenters. The molecule has 1 heterocycles. The number of nitrogens with zero attached hydrogens (tertiary/aromatic N) is 2. The van der Waals surface area contributed by atoms with E-state index in [0.717, 1.165) is 0 Å². The van der Waals surface area contributed by atoms with Gasteiger partial charge >= 0.3 is 5.63 Å². The Kier molecular flexibility index (Phi) is 4.45. The molecule has 1 aromatic heterocycles. The van der Waals surface area contributed by atoms with Crippen LogP contribution in [-0.2, 0) is 0 Å². The summed E-state index contributed by atoms with van der Waals surface area (Å²) in [6.45, 7) is 0. The van der Waals surface area contributed by atoms with Gasteiger partial charge in [0.25, 0.3) is 5.91 Å². The van der Waals surface area contributed by atoms with Gasteiger partial charge < -0.3 is 20.2 Å². The summed E-state index contributed by atoms with van der Waals surface area (Å²) in [5.74, 6) is -0.792. The van der Waals surface area contributed by atoms with Crippen LogP contribution in [0.25, 0.3) is 11.0 Å². The Bertz CT molecular complexity index is 1080. The molecule has 26 heavy (non-hydrogen) atoms. The van der Waals surface area contributed by atoms with E-state index in [4.69, 9.17) is 10.2 Å². The summed E-state index contributed by atoms with van der Waals surface area (Å²) in [6.07, 6.45) is 1.21. The van der Waals surface area contributed by atoms with Gasteiger partial charge in [-0.2, -0.15) is 0 Å². The molecule has 0 spiro atoms. The number of rotatable bonds is 4. The third-order valence-corrected chi connectivity index (χ3v) is 3.89. The summed E-state index contributed by atoms with van der Waals surface area (Å²) in [6, 6.07) is 11.6. The molecule has 0 bridgehead atoms. The smallest absolute Gasteiger partial charge is 0.348 e. The van der Waals surface area contributed by atoms with E-state index in [9.17, 15) is 14.7 Å². The fourth-order valence-electron chi connectivity index (χ4n) is 2.59. The fraction of sp³-hybridized carbons (Fsp3) is 0.105. The van der Waals surface area contributed by atoms with Crippen molar-refractivity contribution in [2.45, 2.75) is 0 Å². The van der Waals surface area contributed by atoms with Crippen molar-refractivity contribution >= 4 is 34.5 Å². The highest BCUT2D eigenvalue weighted by Crippen LogP contribution is 2.27. The molecule has 3 rings (SSSR count). The zero-order valence-electron chi connectivity index (χ0n) is 14.3. The molecule has 0 aliphatic rings. The van der Waals surface area contributed by atoms with Crippen molar-refractivity contribution in [3.8, 4) is 5.75 Å². The third-order valence-electron chi connectivity index (χ3n) is 3.89. The summed E-state index contributed by atoms with van der Waals surface area (Å²) in [5.41, 5.74) is 6.31. The highest BCUT2D eigenvalue weighted by Gasteiger charge is 2.13. The van der Waals surface area contributed by atoms with Gasteiger partial charge in [-0.05, 0) is 30.3 Å². The number of aliphatic imine (C=N–C) groups is 1. The standard InChI is InChI=1S/C19H17N3O4/c1-22(2)15-8-7-11(9-13(15)18(20)24)21-10-14-17(23)12-5-3-4-6-16(12)26-19(14)25/h3-10,23H,1-2H3,(H2,20,24). The van der Waals surface area contributed by atoms with E-state index in [-0.39, 0.29) is 11.3 Å². The van der Waals surface area contributed by atoms with Crippen LogP contribution in [0.1, 0.15) is 15.9 Å². The number of anilines is 1. The van der Waals surface area contributed by atoms with Gasteiger partial charge in [-0.1, -0.05) is 12.1 Å². The summed E-state index contributed by atoms with van der Waals surface area (Å²) < 4.78 is 5.19. The number of amides is 1. The van der Waals surface area contributed by atoms with Crippen LogP contribution in [-0.4, -0.2) is 31.3 Å². The van der Waals surface area contributed by atoms with Gasteiger partial charge in [0.15, 0.2) is 0 Å². The number of carbonyl (C=O) groups excluding carboxylic acids is 1. The summed E-state index contributed by atoms with van der Waals surface area (Å²) in [5, 5.41) is 10.7. The van der Waals surface area contributed by atoms with E-state index in [0.29, 0.717) is 27.9 Å². The van der Waals surface area contributed by atoms with Gasteiger partial charge in [-0.25, -0.2) is 4.79 Å². The second-order valence-electron chi connectivity index (χ2n) is 5.87. The van der Waals surface area contributed by atoms with Crippen molar-refractivity contribution in [2.24, 2.45) is 10.7 Å². The number of nitrogens with two attached hydrogens (primary N) is 1. The normalized spacial score (nSPS) is 11.2. The minimum absolute atomic E-state index is 0.0685. The Morgan fingerprint density at radius 3 is 2.65 bits per heavy atom. The third kappa shape index (κ3) is 3.14. The lowest BCUT2D eigenvalue weighted by Crippen LogP contribution is -2.18. The fourth-order valence-corrected chi connectivity index (χ4v) is 2.59. The first-order valence-electron chi connectivity index (χ1n) is 7.78. The molecule has 0 saturated heterocycles. The monoisotopic (exact) mass is 351 g/mol. The van der Waals surface area contributed by atoms with Gasteiger partial charge in [0, 0.05) is 26.0 Å². The van der Waals surface area contributed by atoms with Gasteiger partial charge in [-0.15, -0.1) is 0 Å². The van der Waals surface area contributed by atoms with Crippen molar-refractivity contribution < 1.29 is 14.3 Å². The molecule has 0 aliphatic carbocycles. The Hall–Kier alpha value is -3.61. The van der Waals surface area contributed by atoms with Crippen LogP contribution in [0.4, 0.5) is 11.4 Å². The van der Waals surface area contributed by atoms with Crippen molar-refractivity contribution in [1.82, 2.24) is 0 Å². The molecular weight excluding hydrogens is 334 g/mol. The average molecular weight is 351 g/mol. The molecule has 0 saturated carbocycles. The van der Waals surface area contributed by atoms with Gasteiger partial charge in [0.2, 0.25) is 0 Å². The number of para-hydroxylation sites is 1. The second kappa shape index (κ2) is 6.72. The Labute approximate surface area is 149 Å². The Balaban J connectivity index is 2.06. The number of benzene rings is 2. The van der Waals surface area contributed by atoms with E-state index < -0.39 is 11.5 Å². The highest BCUT2D eigenvalue weighted by molar-refractivity contribution is 6.00. The lowest BCUT2D eigenvalue weighted by molar-refractivity contribution is 0.100. The second-order valence-corrected chi connectivity index (χ2v) is 5.87.